The number of nitrogens with one attached hydrogen (secondary N) is 1. The van der Waals surface area contributed by atoms with Gasteiger partial charge in [0.25, 0.3) is 0 Å². The van der Waals surface area contributed by atoms with Crippen molar-refractivity contribution in [1.82, 2.24) is 10.6 Å². The molecule has 0 aliphatic heterocycles. The average Bonchev–Trinajstić information content (AvgIpc) is 2.10. The third-order valence-corrected chi connectivity index (χ3v) is 1.93. The summed E-state index contributed by atoms with van der Waals surface area (Å²) < 4.78 is 0. The largest absolute Gasteiger partial charge is 0.343 e. The van der Waals surface area contributed by atoms with Crippen molar-refractivity contribution in [2.24, 2.45) is 5.73 Å². The molecular formula is C9H20N3O. The van der Waals surface area contributed by atoms with Crippen LogP contribution < -0.4 is 11.5 Å². The Morgan fingerprint density at radius 3 is 2.38 bits per heavy atom. The second kappa shape index (κ2) is 8.01. The molecule has 0 atom stereocenters. The first-order valence-corrected chi connectivity index (χ1v) is 4.82. The standard InChI is InChI=1S/C9H20N3O/c1-9(13)12(8-4-6-11)7-3-2-5-10/h11H,2-8,10H2,1H3. The lowest BCUT2D eigenvalue weighted by atomic mass is 10.2. The van der Waals surface area contributed by atoms with Crippen LogP contribution in [0.5, 0.6) is 0 Å². The van der Waals surface area contributed by atoms with Gasteiger partial charge < -0.3 is 10.6 Å². The van der Waals surface area contributed by atoms with Crippen LogP contribution in [0.25, 0.3) is 0 Å². The normalized spacial score (nSPS) is 10.1. The maximum absolute atomic E-state index is 11.1. The molecule has 1 radical (unpaired) electrons. The predicted molar refractivity (Wildman–Crippen MR) is 53.1 cm³/mol. The predicted octanol–water partition coefficient (Wildman–Crippen LogP) is 0.247. The zero-order chi connectivity index (χ0) is 10.1. The average molecular weight is 186 g/mol. The van der Waals surface area contributed by atoms with E-state index in [4.69, 9.17) is 11.5 Å². The lowest BCUT2D eigenvalue weighted by Crippen LogP contribution is -2.31. The van der Waals surface area contributed by atoms with Crippen LogP contribution in [0.3, 0.4) is 0 Å². The van der Waals surface area contributed by atoms with Gasteiger partial charge >= 0.3 is 0 Å². The van der Waals surface area contributed by atoms with Gasteiger partial charge in [0, 0.05) is 26.6 Å². The summed E-state index contributed by atoms with van der Waals surface area (Å²) in [5, 5.41) is 0. The number of hydrogen-bond donors (Lipinski definition) is 1. The molecule has 0 aromatic carbocycles. The van der Waals surface area contributed by atoms with E-state index in [1.807, 2.05) is 0 Å². The first-order chi connectivity index (χ1) is 6.22. The minimum atomic E-state index is 0.102. The molecule has 0 heterocycles. The van der Waals surface area contributed by atoms with E-state index in [1.165, 1.54) is 0 Å². The molecule has 0 spiro atoms. The van der Waals surface area contributed by atoms with E-state index < -0.39 is 0 Å². The number of hydrogen-bond acceptors (Lipinski definition) is 2. The molecule has 0 bridgehead atoms. The fourth-order valence-corrected chi connectivity index (χ4v) is 1.14. The molecule has 4 nitrogen and oxygen atoms in total. The van der Waals surface area contributed by atoms with Gasteiger partial charge in [-0.2, -0.15) is 0 Å². The molecule has 0 aliphatic carbocycles. The van der Waals surface area contributed by atoms with Crippen LogP contribution in [0.15, 0.2) is 0 Å². The zero-order valence-electron chi connectivity index (χ0n) is 8.38. The lowest BCUT2D eigenvalue weighted by molar-refractivity contribution is -0.128. The Balaban J connectivity index is 3.61. The van der Waals surface area contributed by atoms with Gasteiger partial charge in [-0.3, -0.25) is 10.5 Å². The summed E-state index contributed by atoms with van der Waals surface area (Å²) in [6.07, 6.45) is 2.70. The van der Waals surface area contributed by atoms with E-state index >= 15 is 0 Å². The Bertz CT molecular complexity index is 139. The fourth-order valence-electron chi connectivity index (χ4n) is 1.14. The third-order valence-electron chi connectivity index (χ3n) is 1.93. The molecule has 0 unspecified atom stereocenters. The van der Waals surface area contributed by atoms with Gasteiger partial charge in [0.15, 0.2) is 0 Å². The molecule has 3 N–H and O–H groups in total. The van der Waals surface area contributed by atoms with Crippen LogP contribution in [0.4, 0.5) is 0 Å². The van der Waals surface area contributed by atoms with Crippen molar-refractivity contribution in [2.45, 2.75) is 26.2 Å². The van der Waals surface area contributed by atoms with E-state index in [0.717, 1.165) is 25.8 Å². The van der Waals surface area contributed by atoms with Gasteiger partial charge in [0.2, 0.25) is 5.91 Å². The second-order valence-electron chi connectivity index (χ2n) is 3.11. The molecule has 0 aromatic heterocycles. The van der Waals surface area contributed by atoms with Crippen LogP contribution in [0.2, 0.25) is 0 Å². The maximum atomic E-state index is 11.1. The molecule has 0 fully saturated rings. The van der Waals surface area contributed by atoms with Crippen LogP contribution >= 0.6 is 0 Å². The third kappa shape index (κ3) is 6.54. The first kappa shape index (κ1) is 12.4. The van der Waals surface area contributed by atoms with E-state index in [-0.39, 0.29) is 5.91 Å². The van der Waals surface area contributed by atoms with Crippen LogP contribution in [0, 0.1) is 0 Å². The molecule has 0 saturated heterocycles. The summed E-state index contributed by atoms with van der Waals surface area (Å²) in [7, 11) is 0. The monoisotopic (exact) mass is 186 g/mol. The minimum Gasteiger partial charge on any atom is -0.343 e. The molecule has 0 rings (SSSR count). The number of unbranched alkanes of at least 4 members (excludes halogenated alkanes) is 1. The summed E-state index contributed by atoms with van der Waals surface area (Å²) in [5.41, 5.74) is 12.3. The molecule has 1 amide bonds. The Hall–Kier alpha value is -0.610. The smallest absolute Gasteiger partial charge is 0.219 e. The van der Waals surface area contributed by atoms with Crippen molar-refractivity contribution < 1.29 is 4.79 Å². The van der Waals surface area contributed by atoms with Crippen molar-refractivity contribution in [3.05, 3.63) is 0 Å². The number of nitrogens with zero attached hydrogens (tertiary/aromatic N) is 1. The highest BCUT2D eigenvalue weighted by Gasteiger charge is 2.06. The Morgan fingerprint density at radius 1 is 1.31 bits per heavy atom. The van der Waals surface area contributed by atoms with E-state index in [1.54, 1.807) is 11.8 Å². The maximum Gasteiger partial charge on any atom is 0.219 e. The number of nitrogens with two attached hydrogens (primary N) is 1. The Kier molecular flexibility index (Phi) is 7.63. The highest BCUT2D eigenvalue weighted by molar-refractivity contribution is 5.73. The van der Waals surface area contributed by atoms with Gasteiger partial charge in [0.05, 0.1) is 0 Å². The summed E-state index contributed by atoms with van der Waals surface area (Å²) in [6, 6.07) is 0. The fraction of sp³-hybridized carbons (Fsp3) is 0.889. The van der Waals surface area contributed by atoms with E-state index in [2.05, 4.69) is 0 Å². The van der Waals surface area contributed by atoms with Crippen molar-refractivity contribution in [3.8, 4) is 0 Å². The van der Waals surface area contributed by atoms with Gasteiger partial charge in [0.1, 0.15) is 0 Å². The van der Waals surface area contributed by atoms with Gasteiger partial charge in [-0.25, -0.2) is 0 Å². The van der Waals surface area contributed by atoms with E-state index in [0.29, 0.717) is 19.6 Å². The molecule has 0 aliphatic rings. The number of carbonyl (C=O) groups is 1. The minimum absolute atomic E-state index is 0.102. The number of carbonyl (C=O) groups excluding carboxylic acids is 1. The Labute approximate surface area is 80.3 Å². The van der Waals surface area contributed by atoms with Crippen molar-refractivity contribution in [3.63, 3.8) is 0 Å². The Morgan fingerprint density at radius 2 is 1.92 bits per heavy atom. The second-order valence-corrected chi connectivity index (χ2v) is 3.11. The molecule has 0 aromatic rings. The topological polar surface area (TPSA) is 70.1 Å². The van der Waals surface area contributed by atoms with Crippen molar-refractivity contribution in [2.75, 3.05) is 26.2 Å². The zero-order valence-corrected chi connectivity index (χ0v) is 8.38. The number of amides is 1. The van der Waals surface area contributed by atoms with Gasteiger partial charge in [-0.1, -0.05) is 0 Å². The highest BCUT2D eigenvalue weighted by atomic mass is 16.2. The molecule has 0 saturated carbocycles. The van der Waals surface area contributed by atoms with Crippen molar-refractivity contribution in [1.29, 1.82) is 0 Å². The number of rotatable bonds is 7. The van der Waals surface area contributed by atoms with Crippen LogP contribution in [0.1, 0.15) is 26.2 Å². The lowest BCUT2D eigenvalue weighted by Gasteiger charge is -2.20. The molecule has 13 heavy (non-hydrogen) atoms. The molecule has 4 heteroatoms. The molecular weight excluding hydrogens is 166 g/mol. The summed E-state index contributed by atoms with van der Waals surface area (Å²) in [6.45, 7) is 4.15. The van der Waals surface area contributed by atoms with Gasteiger partial charge in [-0.05, 0) is 25.8 Å². The highest BCUT2D eigenvalue weighted by Crippen LogP contribution is 1.96. The summed E-state index contributed by atoms with van der Waals surface area (Å²) in [4.78, 5) is 12.9. The quantitative estimate of drug-likeness (QED) is 0.579. The van der Waals surface area contributed by atoms with Crippen molar-refractivity contribution >= 4 is 5.91 Å². The SMILES string of the molecule is CC(=O)N(CCC[NH])CCCCN. The van der Waals surface area contributed by atoms with E-state index in [9.17, 15) is 4.79 Å². The van der Waals surface area contributed by atoms with Crippen LogP contribution in [-0.4, -0.2) is 37.0 Å². The van der Waals surface area contributed by atoms with Crippen LogP contribution in [-0.2, 0) is 4.79 Å². The van der Waals surface area contributed by atoms with Gasteiger partial charge in [-0.15, -0.1) is 0 Å². The summed E-state index contributed by atoms with van der Waals surface area (Å²) in [5.74, 6) is 0.102. The summed E-state index contributed by atoms with van der Waals surface area (Å²) >= 11 is 0. The first-order valence-electron chi connectivity index (χ1n) is 4.82. The molecule has 77 valence electrons.